The largest absolute Gasteiger partial charge is 0.357 e. The second-order valence-electron chi connectivity index (χ2n) is 7.95. The molecule has 0 aliphatic heterocycles. The monoisotopic (exact) mass is 464 g/mol. The van der Waals surface area contributed by atoms with Crippen molar-refractivity contribution in [2.45, 2.75) is 31.7 Å². The van der Waals surface area contributed by atoms with E-state index < -0.39 is 6.04 Å². The first-order chi connectivity index (χ1) is 16.0. The van der Waals surface area contributed by atoms with Crippen LogP contribution in [0, 0.1) is 12.7 Å². The van der Waals surface area contributed by atoms with E-state index in [1.807, 2.05) is 61.5 Å². The van der Waals surface area contributed by atoms with Crippen molar-refractivity contribution in [2.75, 3.05) is 12.8 Å². The minimum absolute atomic E-state index is 0.104. The van der Waals surface area contributed by atoms with Gasteiger partial charge in [0.1, 0.15) is 11.9 Å². The highest BCUT2D eigenvalue weighted by molar-refractivity contribution is 7.99. The SMILES string of the molecule is CNC(=O)[C@@H](Cc1ccccc1)N(Cc1ccc(C)cc1)C(=O)CSCc1ccc(F)cc1. The summed E-state index contributed by atoms with van der Waals surface area (Å²) in [5, 5.41) is 2.73. The van der Waals surface area contributed by atoms with Gasteiger partial charge < -0.3 is 10.2 Å². The minimum Gasteiger partial charge on any atom is -0.357 e. The number of hydrogen-bond donors (Lipinski definition) is 1. The molecule has 0 fully saturated rings. The van der Waals surface area contributed by atoms with Gasteiger partial charge in [-0.25, -0.2) is 4.39 Å². The van der Waals surface area contributed by atoms with E-state index in [-0.39, 0.29) is 23.4 Å². The molecule has 0 aliphatic carbocycles. The molecule has 0 bridgehead atoms. The summed E-state index contributed by atoms with van der Waals surface area (Å²) in [5.74, 6) is 0.243. The molecule has 0 spiro atoms. The maximum Gasteiger partial charge on any atom is 0.242 e. The number of aryl methyl sites for hydroxylation is 1. The number of amides is 2. The van der Waals surface area contributed by atoms with E-state index in [0.717, 1.165) is 22.3 Å². The van der Waals surface area contributed by atoms with Crippen LogP contribution in [-0.2, 0) is 28.3 Å². The second-order valence-corrected chi connectivity index (χ2v) is 8.93. The van der Waals surface area contributed by atoms with Gasteiger partial charge in [-0.2, -0.15) is 0 Å². The van der Waals surface area contributed by atoms with Gasteiger partial charge in [-0.3, -0.25) is 9.59 Å². The van der Waals surface area contributed by atoms with E-state index in [1.165, 1.54) is 23.9 Å². The molecule has 2 amide bonds. The van der Waals surface area contributed by atoms with Crippen LogP contribution in [0.25, 0.3) is 0 Å². The zero-order valence-corrected chi connectivity index (χ0v) is 19.8. The summed E-state index contributed by atoms with van der Waals surface area (Å²) < 4.78 is 13.1. The fourth-order valence-corrected chi connectivity index (χ4v) is 4.40. The number of benzene rings is 3. The first kappa shape index (κ1) is 24.5. The molecule has 6 heteroatoms. The first-order valence-corrected chi connectivity index (χ1v) is 12.0. The Morgan fingerprint density at radius 2 is 1.55 bits per heavy atom. The van der Waals surface area contributed by atoms with Crippen molar-refractivity contribution in [3.63, 3.8) is 0 Å². The van der Waals surface area contributed by atoms with Crippen molar-refractivity contribution in [3.8, 4) is 0 Å². The third kappa shape index (κ3) is 7.46. The number of carbonyl (C=O) groups excluding carboxylic acids is 2. The fourth-order valence-electron chi connectivity index (χ4n) is 3.53. The average Bonchev–Trinajstić information content (AvgIpc) is 2.83. The number of nitrogens with zero attached hydrogens (tertiary/aromatic N) is 1. The maximum absolute atomic E-state index is 13.4. The number of hydrogen-bond acceptors (Lipinski definition) is 3. The molecule has 33 heavy (non-hydrogen) atoms. The number of carbonyl (C=O) groups is 2. The van der Waals surface area contributed by atoms with Gasteiger partial charge in [0.2, 0.25) is 11.8 Å². The molecule has 3 rings (SSSR count). The predicted octanol–water partition coefficient (Wildman–Crippen LogP) is 4.75. The summed E-state index contributed by atoms with van der Waals surface area (Å²) in [5.41, 5.74) is 4.05. The topological polar surface area (TPSA) is 49.4 Å². The Hall–Kier alpha value is -3.12. The number of nitrogens with one attached hydrogen (secondary N) is 1. The number of rotatable bonds is 10. The Morgan fingerprint density at radius 3 is 2.18 bits per heavy atom. The van der Waals surface area contributed by atoms with Crippen molar-refractivity contribution in [1.82, 2.24) is 10.2 Å². The van der Waals surface area contributed by atoms with Crippen molar-refractivity contribution in [3.05, 3.63) is 107 Å². The summed E-state index contributed by atoms with van der Waals surface area (Å²) in [4.78, 5) is 27.9. The van der Waals surface area contributed by atoms with Crippen LogP contribution in [0.1, 0.15) is 22.3 Å². The van der Waals surface area contributed by atoms with Gasteiger partial charge in [0.15, 0.2) is 0 Å². The van der Waals surface area contributed by atoms with Crippen LogP contribution >= 0.6 is 11.8 Å². The highest BCUT2D eigenvalue weighted by Crippen LogP contribution is 2.19. The number of thioether (sulfide) groups is 1. The van der Waals surface area contributed by atoms with Gasteiger partial charge in [-0.15, -0.1) is 11.8 Å². The molecule has 0 heterocycles. The molecule has 172 valence electrons. The summed E-state index contributed by atoms with van der Waals surface area (Å²) >= 11 is 1.46. The molecular weight excluding hydrogens is 435 g/mol. The molecular formula is C27H29FN2O2S. The lowest BCUT2D eigenvalue weighted by Gasteiger charge is -2.31. The maximum atomic E-state index is 13.4. The van der Waals surface area contributed by atoms with E-state index in [1.54, 1.807) is 24.1 Å². The van der Waals surface area contributed by atoms with E-state index >= 15 is 0 Å². The fraction of sp³-hybridized carbons (Fsp3) is 0.259. The van der Waals surface area contributed by atoms with Gasteiger partial charge in [0.25, 0.3) is 0 Å². The quantitative estimate of drug-likeness (QED) is 0.471. The second kappa shape index (κ2) is 12.2. The smallest absolute Gasteiger partial charge is 0.242 e. The molecule has 0 radical (unpaired) electrons. The van der Waals surface area contributed by atoms with E-state index in [2.05, 4.69) is 5.32 Å². The molecule has 0 aromatic heterocycles. The minimum atomic E-state index is -0.627. The van der Waals surface area contributed by atoms with Crippen molar-refractivity contribution in [1.29, 1.82) is 0 Å². The van der Waals surface area contributed by atoms with Crippen LogP contribution < -0.4 is 5.32 Å². The average molecular weight is 465 g/mol. The number of likely N-dealkylation sites (N-methyl/N-ethyl adjacent to an activating group) is 1. The molecule has 0 saturated heterocycles. The lowest BCUT2D eigenvalue weighted by atomic mass is 10.0. The van der Waals surface area contributed by atoms with Crippen LogP contribution in [0.4, 0.5) is 4.39 Å². The van der Waals surface area contributed by atoms with Gasteiger partial charge >= 0.3 is 0 Å². The van der Waals surface area contributed by atoms with Crippen molar-refractivity contribution >= 4 is 23.6 Å². The molecule has 4 nitrogen and oxygen atoms in total. The molecule has 1 atom stereocenters. The Morgan fingerprint density at radius 1 is 0.909 bits per heavy atom. The standard InChI is InChI=1S/C27H29FN2O2S/c1-20-8-10-22(11-9-20)17-30(25(27(32)29-2)16-21-6-4-3-5-7-21)26(31)19-33-18-23-12-14-24(28)15-13-23/h3-15,25H,16-19H2,1-2H3,(H,29,32)/t25-/m1/s1. The molecule has 0 unspecified atom stereocenters. The molecule has 0 saturated carbocycles. The Kier molecular flexibility index (Phi) is 9.07. The summed E-state index contributed by atoms with van der Waals surface area (Å²) in [6.45, 7) is 2.36. The Balaban J connectivity index is 1.79. The third-order valence-corrected chi connectivity index (χ3v) is 6.39. The summed E-state index contributed by atoms with van der Waals surface area (Å²) in [6, 6.07) is 23.4. The molecule has 1 N–H and O–H groups in total. The summed E-state index contributed by atoms with van der Waals surface area (Å²) in [7, 11) is 1.60. The first-order valence-electron chi connectivity index (χ1n) is 10.9. The van der Waals surface area contributed by atoms with E-state index in [4.69, 9.17) is 0 Å². The number of halogens is 1. The van der Waals surface area contributed by atoms with Crippen LogP contribution in [0.5, 0.6) is 0 Å². The van der Waals surface area contributed by atoms with Crippen LogP contribution in [0.3, 0.4) is 0 Å². The van der Waals surface area contributed by atoms with Gasteiger partial charge in [-0.05, 0) is 35.7 Å². The molecule has 0 aliphatic rings. The normalized spacial score (nSPS) is 11.6. The zero-order chi connectivity index (χ0) is 23.6. The predicted molar refractivity (Wildman–Crippen MR) is 132 cm³/mol. The van der Waals surface area contributed by atoms with Crippen molar-refractivity contribution in [2.24, 2.45) is 0 Å². The molecule has 3 aromatic carbocycles. The van der Waals surface area contributed by atoms with Gasteiger partial charge in [-0.1, -0.05) is 72.3 Å². The Bertz CT molecular complexity index is 1040. The summed E-state index contributed by atoms with van der Waals surface area (Å²) in [6.07, 6.45) is 0.431. The van der Waals surface area contributed by atoms with Crippen LogP contribution in [-0.4, -0.2) is 35.6 Å². The van der Waals surface area contributed by atoms with Gasteiger partial charge in [0, 0.05) is 25.8 Å². The molecule has 3 aromatic rings. The van der Waals surface area contributed by atoms with E-state index in [9.17, 15) is 14.0 Å². The highest BCUT2D eigenvalue weighted by Gasteiger charge is 2.29. The van der Waals surface area contributed by atoms with E-state index in [0.29, 0.717) is 18.7 Å². The lowest BCUT2D eigenvalue weighted by Crippen LogP contribution is -2.50. The third-order valence-electron chi connectivity index (χ3n) is 5.40. The van der Waals surface area contributed by atoms with Crippen molar-refractivity contribution < 1.29 is 14.0 Å². The van der Waals surface area contributed by atoms with Gasteiger partial charge in [0.05, 0.1) is 5.75 Å². The zero-order valence-electron chi connectivity index (χ0n) is 19.0. The van der Waals surface area contributed by atoms with Crippen LogP contribution in [0.15, 0.2) is 78.9 Å². The van der Waals surface area contributed by atoms with Crippen LogP contribution in [0.2, 0.25) is 0 Å². The lowest BCUT2D eigenvalue weighted by molar-refractivity contribution is -0.139. The Labute approximate surface area is 199 Å². The highest BCUT2D eigenvalue weighted by atomic mass is 32.2.